The lowest BCUT2D eigenvalue weighted by Gasteiger charge is -2.34. The minimum atomic E-state index is -0.246. The minimum Gasteiger partial charge on any atom is -0.329 e. The van der Waals surface area contributed by atoms with E-state index in [2.05, 4.69) is 4.98 Å². The van der Waals surface area contributed by atoms with Crippen LogP contribution in [-0.2, 0) is 11.2 Å². The maximum Gasteiger partial charge on any atom is 0.147 e. The molecule has 1 saturated carbocycles. The number of carbonyl (C=O) groups excluding carboxylic acids is 1. The second kappa shape index (κ2) is 5.06. The van der Waals surface area contributed by atoms with Crippen molar-refractivity contribution in [3.8, 4) is 0 Å². The number of aromatic nitrogens is 1. The molecular weight excluding hydrogens is 220 g/mol. The second-order valence-corrected chi connectivity index (χ2v) is 5.55. The van der Waals surface area contributed by atoms with E-state index in [1.165, 1.54) is 6.42 Å². The topological polar surface area (TPSA) is 56.0 Å². The summed E-state index contributed by atoms with van der Waals surface area (Å²) in [5.74, 6) is 0.296. The van der Waals surface area contributed by atoms with Crippen molar-refractivity contribution in [2.45, 2.75) is 38.5 Å². The number of hydrogen-bond donors (Lipinski definition) is 1. The first-order chi connectivity index (χ1) is 7.77. The minimum absolute atomic E-state index is 0.246. The normalized spacial score (nSPS) is 19.6. The molecule has 2 N–H and O–H groups in total. The molecule has 0 saturated heterocycles. The third-order valence-corrected chi connectivity index (χ3v) is 4.37. The molecule has 0 unspecified atom stereocenters. The van der Waals surface area contributed by atoms with Crippen molar-refractivity contribution in [1.82, 2.24) is 4.98 Å². The molecule has 1 aliphatic rings. The third kappa shape index (κ3) is 2.33. The quantitative estimate of drug-likeness (QED) is 0.874. The van der Waals surface area contributed by atoms with Crippen LogP contribution in [0.3, 0.4) is 0 Å². The predicted octanol–water partition coefficient (Wildman–Crippen LogP) is 2.16. The highest BCUT2D eigenvalue weighted by Crippen LogP contribution is 2.37. The molecule has 0 spiro atoms. The van der Waals surface area contributed by atoms with Gasteiger partial charge in [-0.05, 0) is 12.8 Å². The molecule has 0 aliphatic heterocycles. The highest BCUT2D eigenvalue weighted by Gasteiger charge is 2.37. The van der Waals surface area contributed by atoms with E-state index in [9.17, 15) is 4.79 Å². The van der Waals surface area contributed by atoms with Crippen LogP contribution in [-0.4, -0.2) is 17.3 Å². The molecule has 1 aromatic heterocycles. The largest absolute Gasteiger partial charge is 0.329 e. The van der Waals surface area contributed by atoms with E-state index in [4.69, 9.17) is 5.73 Å². The van der Waals surface area contributed by atoms with Gasteiger partial charge in [-0.3, -0.25) is 4.79 Å². The van der Waals surface area contributed by atoms with Crippen LogP contribution in [0, 0.1) is 5.41 Å². The SMILES string of the molecule is NCC1(C(=O)Cc2nccs2)CCCCC1. The monoisotopic (exact) mass is 238 g/mol. The molecule has 88 valence electrons. The third-order valence-electron chi connectivity index (χ3n) is 3.59. The molecule has 3 nitrogen and oxygen atoms in total. The number of nitrogens with zero attached hydrogens (tertiary/aromatic N) is 1. The van der Waals surface area contributed by atoms with Crippen LogP contribution in [0.15, 0.2) is 11.6 Å². The van der Waals surface area contributed by atoms with E-state index >= 15 is 0 Å². The highest BCUT2D eigenvalue weighted by atomic mass is 32.1. The van der Waals surface area contributed by atoms with Gasteiger partial charge in [0.1, 0.15) is 5.78 Å². The van der Waals surface area contributed by atoms with Crippen LogP contribution in [0.5, 0.6) is 0 Å². The van der Waals surface area contributed by atoms with Gasteiger partial charge < -0.3 is 5.73 Å². The van der Waals surface area contributed by atoms with Gasteiger partial charge in [0.15, 0.2) is 0 Å². The van der Waals surface area contributed by atoms with Crippen LogP contribution in [0.25, 0.3) is 0 Å². The van der Waals surface area contributed by atoms with Gasteiger partial charge >= 0.3 is 0 Å². The van der Waals surface area contributed by atoms with Crippen molar-refractivity contribution >= 4 is 17.1 Å². The Morgan fingerprint density at radius 2 is 2.19 bits per heavy atom. The first kappa shape index (κ1) is 11.7. The molecule has 1 aliphatic carbocycles. The fourth-order valence-corrected chi connectivity index (χ4v) is 3.11. The van der Waals surface area contributed by atoms with Crippen LogP contribution in [0.4, 0.5) is 0 Å². The summed E-state index contributed by atoms with van der Waals surface area (Å²) in [6.07, 6.45) is 7.67. The zero-order chi connectivity index (χ0) is 11.4. The van der Waals surface area contributed by atoms with Crippen molar-refractivity contribution in [2.24, 2.45) is 11.1 Å². The van der Waals surface area contributed by atoms with Gasteiger partial charge in [0, 0.05) is 23.5 Å². The Morgan fingerprint density at radius 1 is 1.44 bits per heavy atom. The van der Waals surface area contributed by atoms with E-state index in [0.717, 1.165) is 30.7 Å². The number of thiazole rings is 1. The van der Waals surface area contributed by atoms with Gasteiger partial charge in [-0.2, -0.15) is 0 Å². The van der Waals surface area contributed by atoms with Gasteiger partial charge in [-0.15, -0.1) is 11.3 Å². The molecule has 4 heteroatoms. The van der Waals surface area contributed by atoms with E-state index < -0.39 is 0 Å². The van der Waals surface area contributed by atoms with Crippen LogP contribution in [0.2, 0.25) is 0 Å². The number of ketones is 1. The second-order valence-electron chi connectivity index (χ2n) is 4.57. The number of carbonyl (C=O) groups is 1. The zero-order valence-corrected chi connectivity index (χ0v) is 10.3. The fraction of sp³-hybridized carbons (Fsp3) is 0.667. The first-order valence-electron chi connectivity index (χ1n) is 5.89. The Hall–Kier alpha value is -0.740. The molecule has 16 heavy (non-hydrogen) atoms. The summed E-state index contributed by atoms with van der Waals surface area (Å²) >= 11 is 1.55. The molecule has 0 bridgehead atoms. The average molecular weight is 238 g/mol. The van der Waals surface area contributed by atoms with E-state index in [1.54, 1.807) is 17.5 Å². The Balaban J connectivity index is 2.06. The van der Waals surface area contributed by atoms with Gasteiger partial charge in [0.05, 0.1) is 11.4 Å². The van der Waals surface area contributed by atoms with Crippen molar-refractivity contribution in [2.75, 3.05) is 6.54 Å². The zero-order valence-electron chi connectivity index (χ0n) is 9.45. The first-order valence-corrected chi connectivity index (χ1v) is 6.76. The van der Waals surface area contributed by atoms with E-state index in [1.807, 2.05) is 5.38 Å². The summed E-state index contributed by atoms with van der Waals surface area (Å²) < 4.78 is 0. The lowest BCUT2D eigenvalue weighted by atomic mass is 9.70. The Labute approximate surface area is 100 Å². The summed E-state index contributed by atoms with van der Waals surface area (Å²) in [4.78, 5) is 16.5. The van der Waals surface area contributed by atoms with Gasteiger partial charge in [-0.25, -0.2) is 4.98 Å². The lowest BCUT2D eigenvalue weighted by Crippen LogP contribution is -2.41. The van der Waals surface area contributed by atoms with Crippen molar-refractivity contribution in [3.63, 3.8) is 0 Å². The van der Waals surface area contributed by atoms with Crippen LogP contribution in [0.1, 0.15) is 37.1 Å². The Morgan fingerprint density at radius 3 is 2.75 bits per heavy atom. The molecule has 1 heterocycles. The number of nitrogens with two attached hydrogens (primary N) is 1. The smallest absolute Gasteiger partial charge is 0.147 e. The maximum absolute atomic E-state index is 12.3. The number of hydrogen-bond acceptors (Lipinski definition) is 4. The molecule has 0 aromatic carbocycles. The predicted molar refractivity (Wildman–Crippen MR) is 65.4 cm³/mol. The Kier molecular flexibility index (Phi) is 3.71. The molecule has 1 fully saturated rings. The van der Waals surface area contributed by atoms with Crippen molar-refractivity contribution in [1.29, 1.82) is 0 Å². The summed E-state index contributed by atoms with van der Waals surface area (Å²) in [5.41, 5.74) is 5.58. The van der Waals surface area contributed by atoms with Crippen LogP contribution < -0.4 is 5.73 Å². The average Bonchev–Trinajstić information content (AvgIpc) is 2.82. The van der Waals surface area contributed by atoms with Crippen LogP contribution >= 0.6 is 11.3 Å². The summed E-state index contributed by atoms with van der Waals surface area (Å²) in [5, 5.41) is 2.84. The van der Waals surface area contributed by atoms with E-state index in [0.29, 0.717) is 18.7 Å². The van der Waals surface area contributed by atoms with Gasteiger partial charge in [-0.1, -0.05) is 19.3 Å². The lowest BCUT2D eigenvalue weighted by molar-refractivity contribution is -0.129. The number of Topliss-reactive ketones (excluding diaryl/α,β-unsaturated/α-hetero) is 1. The molecule has 0 amide bonds. The summed E-state index contributed by atoms with van der Waals surface area (Å²) in [6, 6.07) is 0. The summed E-state index contributed by atoms with van der Waals surface area (Å²) in [7, 11) is 0. The fourth-order valence-electron chi connectivity index (χ4n) is 2.49. The molecule has 0 radical (unpaired) electrons. The van der Waals surface area contributed by atoms with Crippen molar-refractivity contribution in [3.05, 3.63) is 16.6 Å². The summed E-state index contributed by atoms with van der Waals surface area (Å²) in [6.45, 7) is 0.497. The standard InChI is InChI=1S/C12H18N2OS/c13-9-12(4-2-1-3-5-12)10(15)8-11-14-6-7-16-11/h6-7H,1-5,8-9,13H2. The van der Waals surface area contributed by atoms with E-state index in [-0.39, 0.29) is 5.41 Å². The molecule has 2 rings (SSSR count). The molecule has 0 atom stereocenters. The van der Waals surface area contributed by atoms with Crippen molar-refractivity contribution < 1.29 is 4.79 Å². The number of rotatable bonds is 4. The Bertz CT molecular complexity index is 342. The van der Waals surface area contributed by atoms with Gasteiger partial charge in [0.2, 0.25) is 0 Å². The highest BCUT2D eigenvalue weighted by molar-refractivity contribution is 7.09. The van der Waals surface area contributed by atoms with Gasteiger partial charge in [0.25, 0.3) is 0 Å². The molecular formula is C12H18N2OS. The molecule has 1 aromatic rings. The maximum atomic E-state index is 12.3.